The van der Waals surface area contributed by atoms with E-state index in [1.54, 1.807) is 0 Å². The Bertz CT molecular complexity index is 534. The minimum atomic E-state index is 0.596. The number of ether oxygens (including phenoxy) is 2. The van der Waals surface area contributed by atoms with Crippen LogP contribution in [0.15, 0.2) is 42.5 Å². The topological polar surface area (TPSA) is 44.5 Å². The van der Waals surface area contributed by atoms with Gasteiger partial charge in [0.25, 0.3) is 0 Å². The van der Waals surface area contributed by atoms with E-state index in [2.05, 4.69) is 0 Å². The molecule has 0 saturated carbocycles. The molecule has 17 heavy (non-hydrogen) atoms. The summed E-state index contributed by atoms with van der Waals surface area (Å²) in [6, 6.07) is 13.7. The van der Waals surface area contributed by atoms with Gasteiger partial charge in [0.1, 0.15) is 13.2 Å². The van der Waals surface area contributed by atoms with Gasteiger partial charge in [0.15, 0.2) is 11.5 Å². The Labute approximate surface area is 99.8 Å². The van der Waals surface area contributed by atoms with Crippen molar-refractivity contribution in [3.05, 3.63) is 42.5 Å². The van der Waals surface area contributed by atoms with E-state index in [1.165, 1.54) is 0 Å². The molecule has 0 unspecified atom stereocenters. The molecule has 2 aromatic carbocycles. The summed E-state index contributed by atoms with van der Waals surface area (Å²) < 4.78 is 11.2. The van der Waals surface area contributed by atoms with Crippen LogP contribution in [0.5, 0.6) is 11.5 Å². The third kappa shape index (κ3) is 1.80. The lowest BCUT2D eigenvalue weighted by Gasteiger charge is -2.21. The number of rotatable bonds is 1. The maximum absolute atomic E-state index is 5.69. The molecular formula is C14H13NO2. The summed E-state index contributed by atoms with van der Waals surface area (Å²) in [4.78, 5) is 0. The Morgan fingerprint density at radius 2 is 1.65 bits per heavy atom. The number of para-hydroxylation sites is 1. The summed E-state index contributed by atoms with van der Waals surface area (Å²) in [6.07, 6.45) is 0. The lowest BCUT2D eigenvalue weighted by atomic mass is 10.0. The van der Waals surface area contributed by atoms with Crippen LogP contribution in [0.2, 0.25) is 0 Å². The molecule has 0 amide bonds. The number of hydrogen-bond acceptors (Lipinski definition) is 3. The maximum atomic E-state index is 5.69. The first-order valence-corrected chi connectivity index (χ1v) is 5.59. The molecule has 1 heterocycles. The van der Waals surface area contributed by atoms with E-state index in [9.17, 15) is 0 Å². The Hall–Kier alpha value is -2.16. The number of anilines is 1. The molecule has 86 valence electrons. The predicted molar refractivity (Wildman–Crippen MR) is 67.3 cm³/mol. The van der Waals surface area contributed by atoms with Gasteiger partial charge < -0.3 is 15.2 Å². The van der Waals surface area contributed by atoms with Gasteiger partial charge in [-0.05, 0) is 23.8 Å². The molecule has 0 spiro atoms. The third-order valence-corrected chi connectivity index (χ3v) is 2.79. The van der Waals surface area contributed by atoms with E-state index in [0.717, 1.165) is 28.3 Å². The summed E-state index contributed by atoms with van der Waals surface area (Å²) in [7, 11) is 0. The van der Waals surface area contributed by atoms with Gasteiger partial charge in [-0.3, -0.25) is 0 Å². The highest BCUT2D eigenvalue weighted by Crippen LogP contribution is 2.39. The summed E-state index contributed by atoms with van der Waals surface area (Å²) in [5.41, 5.74) is 8.58. The fourth-order valence-corrected chi connectivity index (χ4v) is 1.96. The molecule has 0 atom stereocenters. The van der Waals surface area contributed by atoms with Gasteiger partial charge in [-0.15, -0.1) is 0 Å². The average molecular weight is 227 g/mol. The Kier molecular flexibility index (Phi) is 2.37. The van der Waals surface area contributed by atoms with Crippen molar-refractivity contribution in [1.29, 1.82) is 0 Å². The van der Waals surface area contributed by atoms with Gasteiger partial charge in [0.05, 0.1) is 0 Å². The molecular weight excluding hydrogens is 214 g/mol. The quantitative estimate of drug-likeness (QED) is 0.762. The minimum absolute atomic E-state index is 0.596. The van der Waals surface area contributed by atoms with Crippen LogP contribution in [0.25, 0.3) is 11.1 Å². The van der Waals surface area contributed by atoms with Gasteiger partial charge in [0, 0.05) is 11.3 Å². The highest BCUT2D eigenvalue weighted by molar-refractivity contribution is 5.74. The second-order valence-corrected chi connectivity index (χ2v) is 3.95. The lowest BCUT2D eigenvalue weighted by Crippen LogP contribution is -2.15. The first-order valence-electron chi connectivity index (χ1n) is 5.59. The van der Waals surface area contributed by atoms with Crippen LogP contribution in [0.4, 0.5) is 5.69 Å². The molecule has 2 aromatic rings. The van der Waals surface area contributed by atoms with E-state index in [0.29, 0.717) is 13.2 Å². The van der Waals surface area contributed by atoms with Crippen molar-refractivity contribution in [3.8, 4) is 22.6 Å². The average Bonchev–Trinajstić information content (AvgIpc) is 2.39. The number of fused-ring (bicyclic) bond motifs is 1. The van der Waals surface area contributed by atoms with Gasteiger partial charge in [-0.1, -0.05) is 24.3 Å². The van der Waals surface area contributed by atoms with Crippen molar-refractivity contribution in [3.63, 3.8) is 0 Å². The van der Waals surface area contributed by atoms with Gasteiger partial charge in [-0.25, -0.2) is 0 Å². The summed E-state index contributed by atoms with van der Waals surface area (Å²) >= 11 is 0. The smallest absolute Gasteiger partial charge is 0.169 e. The van der Waals surface area contributed by atoms with E-state index in [1.807, 2.05) is 42.5 Å². The van der Waals surface area contributed by atoms with Crippen molar-refractivity contribution >= 4 is 5.69 Å². The summed E-state index contributed by atoms with van der Waals surface area (Å²) in [5.74, 6) is 1.63. The maximum Gasteiger partial charge on any atom is 0.169 e. The van der Waals surface area contributed by atoms with Gasteiger partial charge in [0.2, 0.25) is 0 Å². The van der Waals surface area contributed by atoms with Crippen LogP contribution < -0.4 is 15.2 Å². The SMILES string of the molecule is Nc1ccc(-c2cccc3c2OCCO3)cc1. The van der Waals surface area contributed by atoms with Crippen LogP contribution in [0, 0.1) is 0 Å². The summed E-state index contributed by atoms with van der Waals surface area (Å²) in [5, 5.41) is 0. The van der Waals surface area contributed by atoms with E-state index < -0.39 is 0 Å². The normalized spacial score (nSPS) is 13.4. The van der Waals surface area contributed by atoms with Crippen molar-refractivity contribution < 1.29 is 9.47 Å². The molecule has 3 rings (SSSR count). The van der Waals surface area contributed by atoms with E-state index in [4.69, 9.17) is 15.2 Å². The van der Waals surface area contributed by atoms with Gasteiger partial charge in [-0.2, -0.15) is 0 Å². The molecule has 0 bridgehead atoms. The monoisotopic (exact) mass is 227 g/mol. The molecule has 0 radical (unpaired) electrons. The molecule has 2 N–H and O–H groups in total. The number of hydrogen-bond donors (Lipinski definition) is 1. The molecule has 1 aliphatic heterocycles. The van der Waals surface area contributed by atoms with E-state index >= 15 is 0 Å². The highest BCUT2D eigenvalue weighted by atomic mass is 16.6. The Morgan fingerprint density at radius 1 is 0.882 bits per heavy atom. The van der Waals surface area contributed by atoms with Gasteiger partial charge >= 0.3 is 0 Å². The molecule has 1 aliphatic rings. The number of nitrogens with two attached hydrogens (primary N) is 1. The second-order valence-electron chi connectivity index (χ2n) is 3.95. The Balaban J connectivity index is 2.11. The molecule has 0 saturated heterocycles. The molecule has 0 aliphatic carbocycles. The second kappa shape index (κ2) is 4.01. The molecule has 3 nitrogen and oxygen atoms in total. The standard InChI is InChI=1S/C14H13NO2/c15-11-6-4-10(5-7-11)12-2-1-3-13-14(12)17-9-8-16-13/h1-7H,8-9,15H2. The Morgan fingerprint density at radius 3 is 2.47 bits per heavy atom. The number of benzene rings is 2. The largest absolute Gasteiger partial charge is 0.486 e. The zero-order valence-corrected chi connectivity index (χ0v) is 9.35. The van der Waals surface area contributed by atoms with Crippen LogP contribution in [-0.4, -0.2) is 13.2 Å². The fraction of sp³-hybridized carbons (Fsp3) is 0.143. The molecule has 0 aromatic heterocycles. The van der Waals surface area contributed by atoms with Crippen LogP contribution in [0.1, 0.15) is 0 Å². The summed E-state index contributed by atoms with van der Waals surface area (Å²) in [6.45, 7) is 1.21. The number of nitrogen functional groups attached to an aromatic ring is 1. The zero-order valence-electron chi connectivity index (χ0n) is 9.35. The molecule has 3 heteroatoms. The van der Waals surface area contributed by atoms with E-state index in [-0.39, 0.29) is 0 Å². The van der Waals surface area contributed by atoms with Crippen molar-refractivity contribution in [1.82, 2.24) is 0 Å². The minimum Gasteiger partial charge on any atom is -0.486 e. The first kappa shape index (κ1) is 10.0. The predicted octanol–water partition coefficient (Wildman–Crippen LogP) is 2.71. The van der Waals surface area contributed by atoms with Crippen LogP contribution >= 0.6 is 0 Å². The zero-order chi connectivity index (χ0) is 11.7. The first-order chi connectivity index (χ1) is 8.34. The fourth-order valence-electron chi connectivity index (χ4n) is 1.96. The van der Waals surface area contributed by atoms with Crippen LogP contribution in [-0.2, 0) is 0 Å². The van der Waals surface area contributed by atoms with Crippen molar-refractivity contribution in [2.45, 2.75) is 0 Å². The van der Waals surface area contributed by atoms with Crippen molar-refractivity contribution in [2.75, 3.05) is 18.9 Å². The third-order valence-electron chi connectivity index (χ3n) is 2.79. The lowest BCUT2D eigenvalue weighted by molar-refractivity contribution is 0.172. The van der Waals surface area contributed by atoms with Crippen LogP contribution in [0.3, 0.4) is 0 Å². The molecule has 0 fully saturated rings. The van der Waals surface area contributed by atoms with Crippen molar-refractivity contribution in [2.24, 2.45) is 0 Å². The highest BCUT2D eigenvalue weighted by Gasteiger charge is 2.16.